The normalized spacial score (nSPS) is 35.2. The maximum atomic E-state index is 12.4. The second-order valence-corrected chi connectivity index (χ2v) is 7.79. The predicted octanol–water partition coefficient (Wildman–Crippen LogP) is 4.68. The van der Waals surface area contributed by atoms with E-state index in [-0.39, 0.29) is 5.41 Å². The van der Waals surface area contributed by atoms with Crippen molar-refractivity contribution >= 4 is 5.78 Å². The van der Waals surface area contributed by atoms with Crippen molar-refractivity contribution in [3.8, 4) is 5.75 Å². The average molecular weight is 310 g/mol. The van der Waals surface area contributed by atoms with Crippen LogP contribution < -0.4 is 4.74 Å². The van der Waals surface area contributed by atoms with Crippen LogP contribution in [0.5, 0.6) is 5.75 Å². The van der Waals surface area contributed by atoms with Crippen LogP contribution in [-0.4, -0.2) is 12.4 Å². The Balaban J connectivity index is 1.62. The average Bonchev–Trinajstić information content (AvgIpc) is 2.88. The molecule has 4 atom stereocenters. The van der Waals surface area contributed by atoms with Gasteiger partial charge in [-0.15, -0.1) is 0 Å². The van der Waals surface area contributed by atoms with E-state index < -0.39 is 0 Å². The zero-order chi connectivity index (χ0) is 16.0. The van der Waals surface area contributed by atoms with Crippen LogP contribution in [0.3, 0.4) is 0 Å². The molecule has 122 valence electrons. The highest BCUT2D eigenvalue weighted by molar-refractivity contribution is 5.87. The minimum absolute atomic E-state index is 0.0221. The van der Waals surface area contributed by atoms with Crippen LogP contribution in [0.1, 0.15) is 56.1 Å². The molecule has 0 aliphatic heterocycles. The lowest BCUT2D eigenvalue weighted by molar-refractivity contribution is -0.129. The molecule has 0 heterocycles. The van der Waals surface area contributed by atoms with Gasteiger partial charge in [-0.2, -0.15) is 0 Å². The number of fused-ring (bicyclic) bond motifs is 5. The summed E-state index contributed by atoms with van der Waals surface area (Å²) in [6, 6.07) is 6.62. The molecule has 0 spiro atoms. The summed E-state index contributed by atoms with van der Waals surface area (Å²) in [5, 5.41) is 0. The molecule has 2 heteroatoms. The number of benzene rings is 1. The van der Waals surface area contributed by atoms with Crippen molar-refractivity contribution in [3.63, 3.8) is 0 Å². The lowest BCUT2D eigenvalue weighted by atomic mass is 9.55. The van der Waals surface area contributed by atoms with E-state index in [1.165, 1.54) is 24.0 Å². The smallest absolute Gasteiger partial charge is 0.139 e. The first-order valence-corrected chi connectivity index (χ1v) is 9.03. The van der Waals surface area contributed by atoms with Crippen LogP contribution in [0, 0.1) is 17.3 Å². The number of hydrogen-bond acceptors (Lipinski definition) is 2. The summed E-state index contributed by atoms with van der Waals surface area (Å²) in [7, 11) is 0. The van der Waals surface area contributed by atoms with Crippen molar-refractivity contribution in [2.24, 2.45) is 17.3 Å². The zero-order valence-electron chi connectivity index (χ0n) is 14.0. The van der Waals surface area contributed by atoms with Gasteiger partial charge in [0, 0.05) is 11.8 Å². The zero-order valence-corrected chi connectivity index (χ0v) is 14.0. The Hall–Kier alpha value is -1.57. The fourth-order valence-corrected chi connectivity index (χ4v) is 5.57. The first kappa shape index (κ1) is 15.0. The van der Waals surface area contributed by atoms with E-state index in [1.807, 2.05) is 0 Å². The molecule has 1 aromatic carbocycles. The summed E-state index contributed by atoms with van der Waals surface area (Å²) in [4.78, 5) is 12.4. The fraction of sp³-hybridized carbons (Fsp3) is 0.571. The largest absolute Gasteiger partial charge is 0.490 e. The number of hydrogen-bond donors (Lipinski definition) is 0. The molecule has 0 bridgehead atoms. The van der Waals surface area contributed by atoms with Gasteiger partial charge in [-0.05, 0) is 73.1 Å². The second-order valence-electron chi connectivity index (χ2n) is 7.79. The number of Topliss-reactive ketones (excluding diaryl/α,β-unsaturated/α-hetero) is 1. The van der Waals surface area contributed by atoms with E-state index in [0.717, 1.165) is 31.4 Å². The van der Waals surface area contributed by atoms with E-state index >= 15 is 0 Å². The van der Waals surface area contributed by atoms with Crippen LogP contribution in [0.15, 0.2) is 30.9 Å². The molecule has 2 saturated carbocycles. The van der Waals surface area contributed by atoms with Crippen LogP contribution >= 0.6 is 0 Å². The number of carbonyl (C=O) groups is 1. The first-order valence-electron chi connectivity index (χ1n) is 9.03. The molecule has 1 aromatic rings. The molecule has 3 aliphatic carbocycles. The summed E-state index contributed by atoms with van der Waals surface area (Å²) in [5.74, 6) is 3.45. The van der Waals surface area contributed by atoms with Crippen molar-refractivity contribution in [1.29, 1.82) is 0 Å². The summed E-state index contributed by atoms with van der Waals surface area (Å²) in [6.45, 7) is 6.51. The molecule has 3 aliphatic rings. The van der Waals surface area contributed by atoms with Crippen molar-refractivity contribution in [2.45, 2.75) is 51.4 Å². The Morgan fingerprint density at radius 2 is 2.17 bits per heavy atom. The van der Waals surface area contributed by atoms with Gasteiger partial charge in [-0.3, -0.25) is 4.79 Å². The number of rotatable bonds is 3. The van der Waals surface area contributed by atoms with Gasteiger partial charge in [0.25, 0.3) is 0 Å². The van der Waals surface area contributed by atoms with Crippen molar-refractivity contribution < 1.29 is 9.53 Å². The van der Waals surface area contributed by atoms with E-state index in [9.17, 15) is 4.79 Å². The number of aryl methyl sites for hydroxylation is 1. The second kappa shape index (κ2) is 5.51. The Morgan fingerprint density at radius 1 is 1.30 bits per heavy atom. The fourth-order valence-electron chi connectivity index (χ4n) is 5.57. The van der Waals surface area contributed by atoms with Crippen LogP contribution in [-0.2, 0) is 11.2 Å². The molecule has 0 radical (unpaired) electrons. The number of ketones is 1. The van der Waals surface area contributed by atoms with E-state index in [4.69, 9.17) is 4.74 Å². The summed E-state index contributed by atoms with van der Waals surface area (Å²) in [6.07, 6.45) is 8.32. The van der Waals surface area contributed by atoms with Crippen molar-refractivity contribution in [2.75, 3.05) is 6.61 Å². The van der Waals surface area contributed by atoms with E-state index in [2.05, 4.69) is 31.7 Å². The monoisotopic (exact) mass is 310 g/mol. The highest BCUT2D eigenvalue weighted by atomic mass is 16.5. The Bertz CT molecular complexity index is 647. The maximum Gasteiger partial charge on any atom is 0.139 e. The first-order chi connectivity index (χ1) is 11.1. The minimum atomic E-state index is -0.0221. The van der Waals surface area contributed by atoms with E-state index in [1.54, 1.807) is 6.08 Å². The predicted molar refractivity (Wildman–Crippen MR) is 91.8 cm³/mol. The molecule has 0 amide bonds. The van der Waals surface area contributed by atoms with Gasteiger partial charge in [0.05, 0.1) is 0 Å². The van der Waals surface area contributed by atoms with Gasteiger partial charge in [0.1, 0.15) is 18.1 Å². The Labute approximate surface area is 138 Å². The number of ether oxygens (including phenoxy) is 1. The van der Waals surface area contributed by atoms with Crippen LogP contribution in [0.4, 0.5) is 0 Å². The molecule has 2 nitrogen and oxygen atoms in total. The van der Waals surface area contributed by atoms with Gasteiger partial charge in [0.15, 0.2) is 0 Å². The maximum absolute atomic E-state index is 12.4. The van der Waals surface area contributed by atoms with Crippen molar-refractivity contribution in [3.05, 3.63) is 42.0 Å². The quantitative estimate of drug-likeness (QED) is 0.758. The highest BCUT2D eigenvalue weighted by Gasteiger charge is 2.54. The molecule has 0 unspecified atom stereocenters. The standard InChI is InChI=1S/C21H26O2/c1-3-12-23-15-5-7-16-14(13-15)4-6-18-17(16)10-11-21(2)19(18)8-9-20(21)22/h3,5,7,13,17-19H,1,4,6,8-12H2,2H3/t17-,18-,19+,21+/m1/s1. The van der Waals surface area contributed by atoms with Gasteiger partial charge in [-0.1, -0.05) is 25.6 Å². The third-order valence-electron chi connectivity index (χ3n) is 6.77. The Kier molecular flexibility index (Phi) is 3.59. The third-order valence-corrected chi connectivity index (χ3v) is 6.77. The SMILES string of the molecule is C=CCOc1ccc2c(c1)CC[C@@H]1[C@@H]2CC[C@]2(C)C(=O)CC[C@@H]12. The lowest BCUT2D eigenvalue weighted by Gasteiger charge is -2.48. The molecule has 2 fully saturated rings. The van der Waals surface area contributed by atoms with Crippen LogP contribution in [0.25, 0.3) is 0 Å². The third kappa shape index (κ3) is 2.26. The van der Waals surface area contributed by atoms with Gasteiger partial charge < -0.3 is 4.74 Å². The molecule has 4 rings (SSSR count). The topological polar surface area (TPSA) is 26.3 Å². The summed E-state index contributed by atoms with van der Waals surface area (Å²) >= 11 is 0. The summed E-state index contributed by atoms with van der Waals surface area (Å²) < 4.78 is 5.69. The van der Waals surface area contributed by atoms with Crippen molar-refractivity contribution in [1.82, 2.24) is 0 Å². The molecule has 0 N–H and O–H groups in total. The molecular formula is C21H26O2. The van der Waals surface area contributed by atoms with Gasteiger partial charge in [-0.25, -0.2) is 0 Å². The summed E-state index contributed by atoms with van der Waals surface area (Å²) in [5.41, 5.74) is 2.96. The molecule has 0 saturated heterocycles. The van der Waals surface area contributed by atoms with E-state index in [0.29, 0.717) is 30.1 Å². The molecule has 23 heavy (non-hydrogen) atoms. The highest BCUT2D eigenvalue weighted by Crippen LogP contribution is 2.59. The van der Waals surface area contributed by atoms with Gasteiger partial charge >= 0.3 is 0 Å². The molecular weight excluding hydrogens is 284 g/mol. The number of carbonyl (C=O) groups excluding carboxylic acids is 1. The van der Waals surface area contributed by atoms with Gasteiger partial charge in [0.2, 0.25) is 0 Å². The lowest BCUT2D eigenvalue weighted by Crippen LogP contribution is -2.42. The Morgan fingerprint density at radius 3 is 3.00 bits per heavy atom. The molecule has 0 aromatic heterocycles. The minimum Gasteiger partial charge on any atom is -0.490 e. The van der Waals surface area contributed by atoms with Crippen LogP contribution in [0.2, 0.25) is 0 Å².